The number of carbonyl (C=O) groups is 1. The van der Waals surface area contributed by atoms with E-state index < -0.39 is 10.0 Å². The highest BCUT2D eigenvalue weighted by Crippen LogP contribution is 2.32. The van der Waals surface area contributed by atoms with E-state index in [0.29, 0.717) is 27.0 Å². The van der Waals surface area contributed by atoms with Gasteiger partial charge in [0, 0.05) is 10.4 Å². The van der Waals surface area contributed by atoms with Crippen molar-refractivity contribution in [2.24, 2.45) is 0 Å². The molecule has 1 aromatic heterocycles. The average Bonchev–Trinajstić information content (AvgIpc) is 3.21. The third kappa shape index (κ3) is 5.35. The van der Waals surface area contributed by atoms with Gasteiger partial charge in [-0.2, -0.15) is 0 Å². The van der Waals surface area contributed by atoms with E-state index in [-0.39, 0.29) is 12.5 Å². The van der Waals surface area contributed by atoms with Crippen LogP contribution in [0, 0.1) is 6.92 Å². The summed E-state index contributed by atoms with van der Waals surface area (Å²) < 4.78 is 32.5. The van der Waals surface area contributed by atoms with E-state index >= 15 is 0 Å². The topological polar surface area (TPSA) is 75.7 Å². The number of methoxy groups -OCH3 is 1. The van der Waals surface area contributed by atoms with Crippen molar-refractivity contribution in [1.82, 2.24) is 0 Å². The highest BCUT2D eigenvalue weighted by Gasteiger charge is 2.19. The molecule has 0 radical (unpaired) electrons. The first-order chi connectivity index (χ1) is 16.1. The van der Waals surface area contributed by atoms with Gasteiger partial charge in [-0.25, -0.2) is 8.42 Å². The summed E-state index contributed by atoms with van der Waals surface area (Å²) in [7, 11) is -2.00. The number of anilines is 2. The lowest BCUT2D eigenvalue weighted by molar-refractivity contribution is 0.103. The number of nitrogens with one attached hydrogen (secondary N) is 1. The van der Waals surface area contributed by atoms with Gasteiger partial charge in [-0.3, -0.25) is 9.10 Å². The molecule has 0 saturated carbocycles. The third-order valence-electron chi connectivity index (χ3n) is 5.27. The van der Waals surface area contributed by atoms with Crippen molar-refractivity contribution in [3.63, 3.8) is 0 Å². The van der Waals surface area contributed by atoms with Crippen LogP contribution in [-0.2, 0) is 16.6 Å². The summed E-state index contributed by atoms with van der Waals surface area (Å²) in [5.74, 6) is 0.249. The van der Waals surface area contributed by atoms with Crippen molar-refractivity contribution in [2.45, 2.75) is 13.5 Å². The minimum atomic E-state index is -3.52. The Labute approximate surface area is 207 Å². The van der Waals surface area contributed by atoms with Gasteiger partial charge in [0.2, 0.25) is 10.0 Å². The fourth-order valence-corrected chi connectivity index (χ4v) is 5.57. The van der Waals surface area contributed by atoms with Crippen LogP contribution in [0.1, 0.15) is 20.8 Å². The molecule has 0 aliphatic heterocycles. The molecule has 1 amide bonds. The number of nitrogens with zero attached hydrogens (tertiary/aromatic N) is 1. The van der Waals surface area contributed by atoms with E-state index in [1.807, 2.05) is 37.3 Å². The van der Waals surface area contributed by atoms with Gasteiger partial charge >= 0.3 is 0 Å². The predicted molar refractivity (Wildman–Crippen MR) is 140 cm³/mol. The fraction of sp³-hybridized carbons (Fsp3) is 0.160. The molecule has 9 heteroatoms. The Morgan fingerprint density at radius 1 is 1.06 bits per heavy atom. The van der Waals surface area contributed by atoms with E-state index in [0.717, 1.165) is 21.2 Å². The van der Waals surface area contributed by atoms with Crippen LogP contribution in [-0.4, -0.2) is 27.7 Å². The molecular weight excluding hydrogens is 492 g/mol. The van der Waals surface area contributed by atoms with Crippen LogP contribution in [0.3, 0.4) is 0 Å². The lowest BCUT2D eigenvalue weighted by atomic mass is 10.1. The van der Waals surface area contributed by atoms with Gasteiger partial charge in [0.25, 0.3) is 5.91 Å². The Morgan fingerprint density at radius 3 is 2.44 bits per heavy atom. The number of hydrogen-bond donors (Lipinski definition) is 1. The molecule has 0 unspecified atom stereocenters. The molecule has 4 aromatic rings. The van der Waals surface area contributed by atoms with Crippen LogP contribution in [0.25, 0.3) is 10.1 Å². The smallest absolute Gasteiger partial charge is 0.265 e. The molecule has 0 bridgehead atoms. The van der Waals surface area contributed by atoms with Gasteiger partial charge < -0.3 is 10.1 Å². The summed E-state index contributed by atoms with van der Waals surface area (Å²) in [5, 5.41) is 4.02. The van der Waals surface area contributed by atoms with Crippen molar-refractivity contribution in [3.8, 4) is 5.75 Å². The third-order valence-corrected chi connectivity index (χ3v) is 7.82. The summed E-state index contributed by atoms with van der Waals surface area (Å²) in [6.45, 7) is 2.21. The first-order valence-corrected chi connectivity index (χ1v) is 13.4. The largest absolute Gasteiger partial charge is 0.495 e. The standard InChI is InChI=1S/C25H23ClN2O4S2/c1-16-4-6-17(7-5-16)15-28(34(3,30)31)20-9-11-23-18(12-20)13-24(33-23)25(29)27-19-8-10-22(32-2)21(26)14-19/h4-14H,15H2,1-3H3,(H,27,29). The number of benzene rings is 3. The molecule has 1 heterocycles. The molecule has 3 aromatic carbocycles. The monoisotopic (exact) mass is 514 g/mol. The quantitative estimate of drug-likeness (QED) is 0.324. The van der Waals surface area contributed by atoms with E-state index in [9.17, 15) is 13.2 Å². The molecule has 0 saturated heterocycles. The Morgan fingerprint density at radius 2 is 1.79 bits per heavy atom. The van der Waals surface area contributed by atoms with Crippen molar-refractivity contribution in [1.29, 1.82) is 0 Å². The lowest BCUT2D eigenvalue weighted by Gasteiger charge is -2.22. The number of amides is 1. The van der Waals surface area contributed by atoms with Gasteiger partial charge in [-0.1, -0.05) is 41.4 Å². The number of fused-ring (bicyclic) bond motifs is 1. The average molecular weight is 515 g/mol. The van der Waals surface area contributed by atoms with Crippen LogP contribution in [0.5, 0.6) is 5.75 Å². The zero-order chi connectivity index (χ0) is 24.5. The molecule has 0 atom stereocenters. The number of hydrogen-bond acceptors (Lipinski definition) is 5. The molecule has 0 spiro atoms. The van der Waals surface area contributed by atoms with Gasteiger partial charge in [-0.05, 0) is 60.3 Å². The van der Waals surface area contributed by atoms with Crippen molar-refractivity contribution >= 4 is 60.3 Å². The first-order valence-electron chi connectivity index (χ1n) is 10.4. The molecule has 176 valence electrons. The second-order valence-corrected chi connectivity index (χ2v) is 11.3. The first kappa shape index (κ1) is 24.1. The van der Waals surface area contributed by atoms with Crippen LogP contribution in [0.15, 0.2) is 66.7 Å². The molecule has 6 nitrogen and oxygen atoms in total. The van der Waals surface area contributed by atoms with E-state index in [1.54, 1.807) is 36.4 Å². The molecule has 4 rings (SSSR count). The maximum absolute atomic E-state index is 12.8. The van der Waals surface area contributed by atoms with Crippen molar-refractivity contribution < 1.29 is 17.9 Å². The van der Waals surface area contributed by atoms with E-state index in [1.165, 1.54) is 29.0 Å². The fourth-order valence-electron chi connectivity index (χ4n) is 3.49. The molecule has 0 aliphatic rings. The van der Waals surface area contributed by atoms with E-state index in [2.05, 4.69) is 5.32 Å². The molecule has 34 heavy (non-hydrogen) atoms. The van der Waals surface area contributed by atoms with Crippen LogP contribution >= 0.6 is 22.9 Å². The summed E-state index contributed by atoms with van der Waals surface area (Å²) >= 11 is 7.48. The molecule has 1 N–H and O–H groups in total. The second kappa shape index (κ2) is 9.66. The van der Waals surface area contributed by atoms with Gasteiger partial charge in [0.15, 0.2) is 0 Å². The number of rotatable bonds is 7. The molecular formula is C25H23ClN2O4S2. The Kier molecular flexibility index (Phi) is 6.84. The van der Waals surface area contributed by atoms with Crippen molar-refractivity contribution in [2.75, 3.05) is 23.0 Å². The highest BCUT2D eigenvalue weighted by atomic mass is 35.5. The van der Waals surface area contributed by atoms with Gasteiger partial charge in [0.05, 0.1) is 35.5 Å². The molecule has 0 fully saturated rings. The zero-order valence-electron chi connectivity index (χ0n) is 18.8. The number of ether oxygens (including phenoxy) is 1. The Bertz CT molecular complexity index is 1460. The number of thiophene rings is 1. The predicted octanol–water partition coefficient (Wildman–Crippen LogP) is 6.09. The lowest BCUT2D eigenvalue weighted by Crippen LogP contribution is -2.29. The highest BCUT2D eigenvalue weighted by molar-refractivity contribution is 7.92. The van der Waals surface area contributed by atoms with Crippen molar-refractivity contribution in [3.05, 3.63) is 87.8 Å². The molecule has 0 aliphatic carbocycles. The van der Waals surface area contributed by atoms with Gasteiger partial charge in [-0.15, -0.1) is 11.3 Å². The normalized spacial score (nSPS) is 11.4. The van der Waals surface area contributed by atoms with E-state index in [4.69, 9.17) is 16.3 Å². The summed E-state index contributed by atoms with van der Waals surface area (Å²) in [6, 6.07) is 19.9. The minimum absolute atomic E-state index is 0.223. The number of carbonyl (C=O) groups excluding carboxylic acids is 1. The summed E-state index contributed by atoms with van der Waals surface area (Å²) in [5.41, 5.74) is 3.09. The van der Waals surface area contributed by atoms with Crippen LogP contribution in [0.2, 0.25) is 5.02 Å². The SMILES string of the molecule is COc1ccc(NC(=O)c2cc3cc(N(Cc4ccc(C)cc4)S(C)(=O)=O)ccc3s2)cc1Cl. The zero-order valence-corrected chi connectivity index (χ0v) is 21.2. The Hall–Kier alpha value is -3.07. The minimum Gasteiger partial charge on any atom is -0.495 e. The summed E-state index contributed by atoms with van der Waals surface area (Å²) in [4.78, 5) is 13.3. The number of aryl methyl sites for hydroxylation is 1. The maximum atomic E-state index is 12.8. The van der Waals surface area contributed by atoms with Crippen LogP contribution < -0.4 is 14.4 Å². The van der Waals surface area contributed by atoms with Gasteiger partial charge in [0.1, 0.15) is 5.75 Å². The summed E-state index contributed by atoms with van der Waals surface area (Å²) in [6.07, 6.45) is 1.19. The number of halogens is 1. The number of sulfonamides is 1. The Balaban J connectivity index is 1.60. The van der Waals surface area contributed by atoms with Crippen LogP contribution in [0.4, 0.5) is 11.4 Å². The maximum Gasteiger partial charge on any atom is 0.265 e. The second-order valence-electron chi connectivity index (χ2n) is 7.89.